The SMILES string of the molecule is COc1ccc(C(=O)Nc2cc(C)cc(C)n2)cc1OC. The van der Waals surface area contributed by atoms with E-state index in [2.05, 4.69) is 10.3 Å². The number of carbonyl (C=O) groups excluding carboxylic acids is 1. The summed E-state index contributed by atoms with van der Waals surface area (Å²) in [4.78, 5) is 16.5. The predicted molar refractivity (Wildman–Crippen MR) is 81.2 cm³/mol. The zero-order chi connectivity index (χ0) is 15.4. The molecule has 1 aromatic heterocycles. The third-order valence-electron chi connectivity index (χ3n) is 2.99. The first-order valence-corrected chi connectivity index (χ1v) is 6.52. The third-order valence-corrected chi connectivity index (χ3v) is 2.99. The fraction of sp³-hybridized carbons (Fsp3) is 0.250. The van der Waals surface area contributed by atoms with Crippen LogP contribution in [0.15, 0.2) is 30.3 Å². The summed E-state index contributed by atoms with van der Waals surface area (Å²) in [6.07, 6.45) is 0. The van der Waals surface area contributed by atoms with Gasteiger partial charge in [0.05, 0.1) is 14.2 Å². The summed E-state index contributed by atoms with van der Waals surface area (Å²) in [6.45, 7) is 3.85. The second-order valence-corrected chi connectivity index (χ2v) is 4.70. The number of nitrogens with one attached hydrogen (secondary N) is 1. The minimum absolute atomic E-state index is 0.242. The Balaban J connectivity index is 2.24. The van der Waals surface area contributed by atoms with Gasteiger partial charge in [-0.05, 0) is 49.7 Å². The van der Waals surface area contributed by atoms with Crippen molar-refractivity contribution in [1.82, 2.24) is 4.98 Å². The zero-order valence-electron chi connectivity index (χ0n) is 12.6. The number of hydrogen-bond acceptors (Lipinski definition) is 4. The molecule has 110 valence electrons. The molecule has 1 amide bonds. The molecule has 0 aliphatic rings. The lowest BCUT2D eigenvalue weighted by atomic mass is 10.2. The Hall–Kier alpha value is -2.56. The van der Waals surface area contributed by atoms with Crippen molar-refractivity contribution in [3.8, 4) is 11.5 Å². The highest BCUT2D eigenvalue weighted by Crippen LogP contribution is 2.27. The van der Waals surface area contributed by atoms with Gasteiger partial charge >= 0.3 is 0 Å². The second kappa shape index (κ2) is 6.26. The Morgan fingerprint density at radius 3 is 2.38 bits per heavy atom. The molecule has 0 saturated carbocycles. The van der Waals surface area contributed by atoms with Gasteiger partial charge < -0.3 is 14.8 Å². The average Bonchev–Trinajstić information content (AvgIpc) is 2.45. The van der Waals surface area contributed by atoms with Crippen LogP contribution in [-0.2, 0) is 0 Å². The molecule has 0 aliphatic carbocycles. The van der Waals surface area contributed by atoms with E-state index in [9.17, 15) is 4.79 Å². The highest BCUT2D eigenvalue weighted by atomic mass is 16.5. The summed E-state index contributed by atoms with van der Waals surface area (Å²) < 4.78 is 10.3. The van der Waals surface area contributed by atoms with Crippen molar-refractivity contribution in [2.75, 3.05) is 19.5 Å². The Labute approximate surface area is 123 Å². The van der Waals surface area contributed by atoms with Gasteiger partial charge in [-0.1, -0.05) is 0 Å². The Kier molecular flexibility index (Phi) is 4.42. The highest BCUT2D eigenvalue weighted by molar-refractivity contribution is 6.04. The number of benzene rings is 1. The maximum Gasteiger partial charge on any atom is 0.256 e. The molecular formula is C16H18N2O3. The van der Waals surface area contributed by atoms with Gasteiger partial charge in [-0.25, -0.2) is 4.98 Å². The van der Waals surface area contributed by atoms with Gasteiger partial charge in [0.25, 0.3) is 5.91 Å². The van der Waals surface area contributed by atoms with E-state index in [1.165, 1.54) is 7.11 Å². The number of pyridine rings is 1. The quantitative estimate of drug-likeness (QED) is 0.938. The topological polar surface area (TPSA) is 60.5 Å². The van der Waals surface area contributed by atoms with Crippen LogP contribution in [0.25, 0.3) is 0 Å². The molecule has 0 atom stereocenters. The molecule has 2 rings (SSSR count). The molecule has 2 aromatic rings. The molecule has 1 N–H and O–H groups in total. The number of hydrogen-bond donors (Lipinski definition) is 1. The Morgan fingerprint density at radius 2 is 1.76 bits per heavy atom. The maximum atomic E-state index is 12.3. The van der Waals surface area contributed by atoms with Crippen LogP contribution in [0.2, 0.25) is 0 Å². The van der Waals surface area contributed by atoms with Crippen molar-refractivity contribution in [3.05, 3.63) is 47.2 Å². The maximum absolute atomic E-state index is 12.3. The van der Waals surface area contributed by atoms with E-state index >= 15 is 0 Å². The van der Waals surface area contributed by atoms with E-state index in [1.807, 2.05) is 26.0 Å². The highest BCUT2D eigenvalue weighted by Gasteiger charge is 2.11. The van der Waals surface area contributed by atoms with Crippen molar-refractivity contribution in [2.24, 2.45) is 0 Å². The van der Waals surface area contributed by atoms with E-state index in [0.717, 1.165) is 11.3 Å². The van der Waals surface area contributed by atoms with Crippen LogP contribution in [0.3, 0.4) is 0 Å². The predicted octanol–water partition coefficient (Wildman–Crippen LogP) is 2.97. The number of aromatic nitrogens is 1. The first-order valence-electron chi connectivity index (χ1n) is 6.52. The number of ether oxygens (including phenoxy) is 2. The number of amides is 1. The van der Waals surface area contributed by atoms with E-state index in [0.29, 0.717) is 22.9 Å². The van der Waals surface area contributed by atoms with Gasteiger partial charge in [-0.3, -0.25) is 4.79 Å². The molecule has 0 bridgehead atoms. The van der Waals surface area contributed by atoms with Gasteiger partial charge in [0.2, 0.25) is 0 Å². The number of aryl methyl sites for hydroxylation is 2. The molecule has 5 heteroatoms. The molecular weight excluding hydrogens is 268 g/mol. The molecule has 1 heterocycles. The number of methoxy groups -OCH3 is 2. The first kappa shape index (κ1) is 14.8. The smallest absolute Gasteiger partial charge is 0.256 e. The van der Waals surface area contributed by atoms with Crippen LogP contribution in [0.5, 0.6) is 11.5 Å². The largest absolute Gasteiger partial charge is 0.493 e. The van der Waals surface area contributed by atoms with E-state index in [-0.39, 0.29) is 5.91 Å². The van der Waals surface area contributed by atoms with Gasteiger partial charge in [0.1, 0.15) is 5.82 Å². The fourth-order valence-corrected chi connectivity index (χ4v) is 2.07. The van der Waals surface area contributed by atoms with E-state index in [1.54, 1.807) is 25.3 Å². The van der Waals surface area contributed by atoms with Crippen molar-refractivity contribution >= 4 is 11.7 Å². The lowest BCUT2D eigenvalue weighted by molar-refractivity contribution is 0.102. The number of rotatable bonds is 4. The van der Waals surface area contributed by atoms with Gasteiger partial charge in [-0.15, -0.1) is 0 Å². The lowest BCUT2D eigenvalue weighted by Crippen LogP contribution is -2.13. The van der Waals surface area contributed by atoms with E-state index < -0.39 is 0 Å². The Morgan fingerprint density at radius 1 is 1.05 bits per heavy atom. The fourth-order valence-electron chi connectivity index (χ4n) is 2.07. The van der Waals surface area contributed by atoms with E-state index in [4.69, 9.17) is 9.47 Å². The molecule has 0 radical (unpaired) electrons. The summed E-state index contributed by atoms with van der Waals surface area (Å²) in [5.41, 5.74) is 2.39. The van der Waals surface area contributed by atoms with Crippen LogP contribution < -0.4 is 14.8 Å². The van der Waals surface area contributed by atoms with Crippen LogP contribution in [-0.4, -0.2) is 25.1 Å². The van der Waals surface area contributed by atoms with Gasteiger partial charge in [0, 0.05) is 11.3 Å². The lowest BCUT2D eigenvalue weighted by Gasteiger charge is -2.10. The molecule has 5 nitrogen and oxygen atoms in total. The molecule has 21 heavy (non-hydrogen) atoms. The summed E-state index contributed by atoms with van der Waals surface area (Å²) in [7, 11) is 3.09. The standard InChI is InChI=1S/C16H18N2O3/c1-10-7-11(2)17-15(8-10)18-16(19)12-5-6-13(20-3)14(9-12)21-4/h5-9H,1-4H3,(H,17,18,19). The van der Waals surface area contributed by atoms with Crippen LogP contribution in [0.1, 0.15) is 21.6 Å². The molecule has 0 fully saturated rings. The summed E-state index contributed by atoms with van der Waals surface area (Å²) in [5.74, 6) is 1.39. The summed E-state index contributed by atoms with van der Waals surface area (Å²) in [5, 5.41) is 2.78. The number of anilines is 1. The second-order valence-electron chi connectivity index (χ2n) is 4.70. The summed E-state index contributed by atoms with van der Waals surface area (Å²) >= 11 is 0. The molecule has 1 aromatic carbocycles. The minimum atomic E-state index is -0.242. The first-order chi connectivity index (χ1) is 10.0. The van der Waals surface area contributed by atoms with Crippen LogP contribution in [0, 0.1) is 13.8 Å². The van der Waals surface area contributed by atoms with Crippen molar-refractivity contribution < 1.29 is 14.3 Å². The van der Waals surface area contributed by atoms with Gasteiger partial charge in [-0.2, -0.15) is 0 Å². The third kappa shape index (κ3) is 3.51. The molecule has 0 aliphatic heterocycles. The van der Waals surface area contributed by atoms with Crippen LogP contribution in [0.4, 0.5) is 5.82 Å². The monoisotopic (exact) mass is 286 g/mol. The Bertz CT molecular complexity index is 648. The molecule has 0 unspecified atom stereocenters. The molecule has 0 spiro atoms. The molecule has 0 saturated heterocycles. The summed E-state index contributed by atoms with van der Waals surface area (Å²) in [6, 6.07) is 8.79. The normalized spacial score (nSPS) is 10.1. The van der Waals surface area contributed by atoms with Crippen molar-refractivity contribution in [1.29, 1.82) is 0 Å². The van der Waals surface area contributed by atoms with Crippen molar-refractivity contribution in [2.45, 2.75) is 13.8 Å². The van der Waals surface area contributed by atoms with Crippen molar-refractivity contribution in [3.63, 3.8) is 0 Å². The number of nitrogens with zero attached hydrogens (tertiary/aromatic N) is 1. The van der Waals surface area contributed by atoms with Crippen LogP contribution >= 0.6 is 0 Å². The average molecular weight is 286 g/mol. The zero-order valence-corrected chi connectivity index (χ0v) is 12.6. The number of carbonyl (C=O) groups is 1. The minimum Gasteiger partial charge on any atom is -0.493 e. The van der Waals surface area contributed by atoms with Gasteiger partial charge in [0.15, 0.2) is 11.5 Å².